The highest BCUT2D eigenvalue weighted by Crippen LogP contribution is 2.23. The topological polar surface area (TPSA) is 139 Å². The lowest BCUT2D eigenvalue weighted by Crippen LogP contribution is -2.35. The minimum Gasteiger partial charge on any atom is -0.489 e. The van der Waals surface area contributed by atoms with Gasteiger partial charge < -0.3 is 9.57 Å². The molecule has 0 saturated carbocycles. The van der Waals surface area contributed by atoms with E-state index in [-0.39, 0.29) is 16.2 Å². The van der Waals surface area contributed by atoms with Gasteiger partial charge in [-0.3, -0.25) is 24.4 Å². The Kier molecular flexibility index (Phi) is 3.49. The van der Waals surface area contributed by atoms with Crippen molar-refractivity contribution in [2.75, 3.05) is 7.11 Å². The predicted molar refractivity (Wildman–Crippen MR) is 76.6 cm³/mol. The van der Waals surface area contributed by atoms with E-state index in [9.17, 15) is 24.0 Å². The molecule has 2 amide bonds. The van der Waals surface area contributed by atoms with E-state index in [0.717, 1.165) is 7.11 Å². The summed E-state index contributed by atoms with van der Waals surface area (Å²) in [5.41, 5.74) is -2.42. The lowest BCUT2D eigenvalue weighted by molar-refractivity contribution is -0.0590. The Morgan fingerprint density at radius 2 is 1.58 bits per heavy atom. The molecular formula is C14H9N3O7. The van der Waals surface area contributed by atoms with Crippen LogP contribution in [0.5, 0.6) is 5.75 Å². The van der Waals surface area contributed by atoms with Gasteiger partial charge in [-0.1, -0.05) is 17.2 Å². The number of hydroxylamine groups is 2. The van der Waals surface area contributed by atoms with Gasteiger partial charge in [-0.05, 0) is 12.1 Å². The highest BCUT2D eigenvalue weighted by atomic mass is 16.7. The molecule has 3 rings (SSSR count). The van der Waals surface area contributed by atoms with Crippen molar-refractivity contribution in [2.45, 2.75) is 0 Å². The van der Waals surface area contributed by atoms with Crippen LogP contribution in [0.1, 0.15) is 31.2 Å². The number of aromatic nitrogens is 2. The predicted octanol–water partition coefficient (Wildman–Crippen LogP) is -0.560. The Bertz CT molecular complexity index is 953. The van der Waals surface area contributed by atoms with Crippen molar-refractivity contribution in [3.63, 3.8) is 0 Å². The van der Waals surface area contributed by atoms with Gasteiger partial charge in [0, 0.05) is 0 Å². The van der Waals surface area contributed by atoms with E-state index in [1.807, 2.05) is 9.97 Å². The molecule has 10 nitrogen and oxygen atoms in total. The molecule has 0 radical (unpaired) electrons. The molecule has 10 heteroatoms. The number of methoxy groups -OCH3 is 1. The third-order valence-electron chi connectivity index (χ3n) is 3.24. The molecule has 1 aliphatic heterocycles. The minimum atomic E-state index is -1.30. The standard InChI is InChI=1S/C14H9N3O7/c1-23-9-8(15-14(22)16-10(9)18)13(21)24-17-11(19)6-4-2-3-5-7(6)12(17)20/h2-5H,1H3,(H2,15,16,18,22). The van der Waals surface area contributed by atoms with Gasteiger partial charge in [0.05, 0.1) is 18.2 Å². The first-order valence-corrected chi connectivity index (χ1v) is 6.54. The van der Waals surface area contributed by atoms with E-state index in [2.05, 4.69) is 0 Å². The maximum absolute atomic E-state index is 12.2. The normalized spacial score (nSPS) is 13.0. The van der Waals surface area contributed by atoms with Crippen molar-refractivity contribution in [1.29, 1.82) is 0 Å². The number of carbonyl (C=O) groups excluding carboxylic acids is 3. The van der Waals surface area contributed by atoms with E-state index in [1.165, 1.54) is 12.1 Å². The fraction of sp³-hybridized carbons (Fsp3) is 0.0714. The third-order valence-corrected chi connectivity index (χ3v) is 3.24. The average Bonchev–Trinajstić information content (AvgIpc) is 2.79. The van der Waals surface area contributed by atoms with Gasteiger partial charge in [0.15, 0.2) is 5.69 Å². The molecule has 1 aromatic heterocycles. The number of ether oxygens (including phenoxy) is 1. The number of imide groups is 1. The molecule has 122 valence electrons. The zero-order chi connectivity index (χ0) is 17.4. The second-order valence-electron chi connectivity index (χ2n) is 4.65. The SMILES string of the molecule is COc1c(C(=O)ON2C(=O)c3ccccc3C2=O)[nH]c(=O)[nH]c1=O. The number of hydrogen-bond acceptors (Lipinski definition) is 7. The summed E-state index contributed by atoms with van der Waals surface area (Å²) < 4.78 is 4.73. The molecule has 0 fully saturated rings. The summed E-state index contributed by atoms with van der Waals surface area (Å²) in [4.78, 5) is 67.9. The smallest absolute Gasteiger partial charge is 0.384 e. The maximum atomic E-state index is 12.2. The Hall–Kier alpha value is -3.69. The van der Waals surface area contributed by atoms with Crippen molar-refractivity contribution in [1.82, 2.24) is 15.0 Å². The van der Waals surface area contributed by atoms with Crippen LogP contribution in [-0.2, 0) is 4.84 Å². The second kappa shape index (κ2) is 5.50. The van der Waals surface area contributed by atoms with E-state index in [1.54, 1.807) is 12.1 Å². The van der Waals surface area contributed by atoms with E-state index >= 15 is 0 Å². The number of fused-ring (bicyclic) bond motifs is 1. The van der Waals surface area contributed by atoms with Crippen molar-refractivity contribution < 1.29 is 24.0 Å². The Morgan fingerprint density at radius 1 is 1.00 bits per heavy atom. The molecule has 2 N–H and O–H groups in total. The fourth-order valence-electron chi connectivity index (χ4n) is 2.19. The van der Waals surface area contributed by atoms with Crippen LogP contribution in [0.3, 0.4) is 0 Å². The fourth-order valence-corrected chi connectivity index (χ4v) is 2.19. The summed E-state index contributed by atoms with van der Waals surface area (Å²) in [6, 6.07) is 5.90. The van der Waals surface area contributed by atoms with Gasteiger partial charge in [-0.2, -0.15) is 0 Å². The van der Waals surface area contributed by atoms with Crippen LogP contribution < -0.4 is 16.0 Å². The molecule has 0 saturated heterocycles. The highest BCUT2D eigenvalue weighted by molar-refractivity contribution is 6.21. The quantitative estimate of drug-likeness (QED) is 0.719. The van der Waals surface area contributed by atoms with Crippen LogP contribution in [-0.4, -0.2) is 39.9 Å². The molecule has 2 aromatic rings. The largest absolute Gasteiger partial charge is 0.489 e. The van der Waals surface area contributed by atoms with Gasteiger partial charge in [0.25, 0.3) is 17.4 Å². The number of H-pyrrole nitrogens is 2. The molecule has 0 aliphatic carbocycles. The number of rotatable bonds is 3. The third kappa shape index (κ3) is 2.26. The van der Waals surface area contributed by atoms with Crippen LogP contribution in [0.15, 0.2) is 33.9 Å². The number of hydrogen-bond donors (Lipinski definition) is 2. The number of carbonyl (C=O) groups is 3. The first kappa shape index (κ1) is 15.2. The molecule has 0 bridgehead atoms. The number of nitrogens with zero attached hydrogens (tertiary/aromatic N) is 1. The van der Waals surface area contributed by atoms with Gasteiger partial charge in [0.1, 0.15) is 0 Å². The molecule has 24 heavy (non-hydrogen) atoms. The van der Waals surface area contributed by atoms with Crippen molar-refractivity contribution >= 4 is 17.8 Å². The van der Waals surface area contributed by atoms with Crippen LogP contribution in [0.2, 0.25) is 0 Å². The van der Waals surface area contributed by atoms with E-state index in [0.29, 0.717) is 0 Å². The van der Waals surface area contributed by atoms with Crippen LogP contribution in [0.4, 0.5) is 0 Å². The van der Waals surface area contributed by atoms with Gasteiger partial charge in [0.2, 0.25) is 5.75 Å². The monoisotopic (exact) mass is 331 g/mol. The van der Waals surface area contributed by atoms with Crippen LogP contribution in [0, 0.1) is 0 Å². The molecule has 0 unspecified atom stereocenters. The highest BCUT2D eigenvalue weighted by Gasteiger charge is 2.39. The molecular weight excluding hydrogens is 322 g/mol. The Balaban J connectivity index is 1.95. The van der Waals surface area contributed by atoms with Gasteiger partial charge >= 0.3 is 11.7 Å². The van der Waals surface area contributed by atoms with Crippen LogP contribution in [0.25, 0.3) is 0 Å². The first-order valence-electron chi connectivity index (χ1n) is 6.54. The van der Waals surface area contributed by atoms with Crippen molar-refractivity contribution in [2.24, 2.45) is 0 Å². The number of benzene rings is 1. The van der Waals surface area contributed by atoms with Gasteiger partial charge in [-0.15, -0.1) is 0 Å². The zero-order valence-corrected chi connectivity index (χ0v) is 12.1. The summed E-state index contributed by atoms with van der Waals surface area (Å²) in [6.45, 7) is 0. The van der Waals surface area contributed by atoms with E-state index in [4.69, 9.17) is 9.57 Å². The summed E-state index contributed by atoms with van der Waals surface area (Å²) in [7, 11) is 1.10. The van der Waals surface area contributed by atoms with Crippen molar-refractivity contribution in [3.8, 4) is 5.75 Å². The summed E-state index contributed by atoms with van der Waals surface area (Å²) in [5, 5.41) is 0.256. The first-order chi connectivity index (χ1) is 11.4. The number of nitrogens with one attached hydrogen (secondary N) is 2. The average molecular weight is 331 g/mol. The van der Waals surface area contributed by atoms with Gasteiger partial charge in [-0.25, -0.2) is 9.59 Å². The zero-order valence-electron chi connectivity index (χ0n) is 12.1. The summed E-state index contributed by atoms with van der Waals surface area (Å²) >= 11 is 0. The lowest BCUT2D eigenvalue weighted by atomic mass is 10.1. The molecule has 0 atom stereocenters. The molecule has 1 aromatic carbocycles. The summed E-state index contributed by atoms with van der Waals surface area (Å²) in [6.07, 6.45) is 0. The Morgan fingerprint density at radius 3 is 2.12 bits per heavy atom. The molecule has 1 aliphatic rings. The Labute approximate surface area is 132 Å². The minimum absolute atomic E-state index is 0.0710. The summed E-state index contributed by atoms with van der Waals surface area (Å²) in [5.74, 6) is -3.49. The number of amides is 2. The molecule has 0 spiro atoms. The van der Waals surface area contributed by atoms with Crippen molar-refractivity contribution in [3.05, 3.63) is 61.9 Å². The van der Waals surface area contributed by atoms with E-state index < -0.39 is 40.5 Å². The lowest BCUT2D eigenvalue weighted by Gasteiger charge is -2.13. The second-order valence-corrected chi connectivity index (χ2v) is 4.65. The molecule has 2 heterocycles. The van der Waals surface area contributed by atoms with Crippen LogP contribution >= 0.6 is 0 Å². The number of aromatic amines is 2. The maximum Gasteiger partial charge on any atom is 0.384 e.